The Hall–Kier alpha value is -2.68. The van der Waals surface area contributed by atoms with Gasteiger partial charge in [0.2, 0.25) is 0 Å². The maximum absolute atomic E-state index is 10.9. The van der Waals surface area contributed by atoms with E-state index >= 15 is 0 Å². The minimum absolute atomic E-state index is 0.345. The van der Waals surface area contributed by atoms with Gasteiger partial charge in [-0.25, -0.2) is 4.98 Å². The highest BCUT2D eigenvalue weighted by atomic mass is 16.1. The second-order valence-electron chi connectivity index (χ2n) is 4.20. The van der Waals surface area contributed by atoms with E-state index in [4.69, 9.17) is 0 Å². The molecule has 1 heterocycles. The van der Waals surface area contributed by atoms with Gasteiger partial charge in [-0.1, -0.05) is 60.7 Å². The molecule has 0 bridgehead atoms. The Bertz CT molecular complexity index is 630. The number of benzene rings is 2. The van der Waals surface area contributed by atoms with E-state index in [0.29, 0.717) is 5.82 Å². The smallest absolute Gasteiger partial charge is 0.185 e. The Labute approximate surface area is 111 Å². The summed E-state index contributed by atoms with van der Waals surface area (Å²) in [7, 11) is 0. The predicted octanol–water partition coefficient (Wildman–Crippen LogP) is 3.56. The number of hydrogen-bond donors (Lipinski definition) is 1. The van der Waals surface area contributed by atoms with Crippen LogP contribution in [0.15, 0.2) is 60.7 Å². The second-order valence-corrected chi connectivity index (χ2v) is 4.20. The normalized spacial score (nSPS) is 10.3. The van der Waals surface area contributed by atoms with E-state index in [2.05, 4.69) is 9.97 Å². The molecule has 0 aliphatic carbocycles. The quantitative estimate of drug-likeness (QED) is 0.720. The van der Waals surface area contributed by atoms with E-state index in [9.17, 15) is 4.79 Å². The molecular formula is C16H12N2O. The first-order valence-corrected chi connectivity index (χ1v) is 6.04. The van der Waals surface area contributed by atoms with Crippen molar-refractivity contribution in [2.45, 2.75) is 0 Å². The zero-order chi connectivity index (χ0) is 13.1. The van der Waals surface area contributed by atoms with Crippen LogP contribution in [0.25, 0.3) is 22.5 Å². The van der Waals surface area contributed by atoms with Crippen molar-refractivity contribution in [3.63, 3.8) is 0 Å². The molecule has 0 saturated carbocycles. The first kappa shape index (κ1) is 11.4. The fraction of sp³-hybridized carbons (Fsp3) is 0. The van der Waals surface area contributed by atoms with Gasteiger partial charge in [0.1, 0.15) is 0 Å². The van der Waals surface area contributed by atoms with Crippen LogP contribution in [0.1, 0.15) is 10.6 Å². The van der Waals surface area contributed by atoms with Gasteiger partial charge < -0.3 is 4.98 Å². The molecular weight excluding hydrogens is 236 g/mol. The van der Waals surface area contributed by atoms with Crippen LogP contribution < -0.4 is 0 Å². The summed E-state index contributed by atoms with van der Waals surface area (Å²) in [5.74, 6) is 0.345. The van der Waals surface area contributed by atoms with Crippen LogP contribution in [0, 0.1) is 0 Å². The molecule has 92 valence electrons. The number of rotatable bonds is 3. The molecule has 19 heavy (non-hydrogen) atoms. The third-order valence-corrected chi connectivity index (χ3v) is 2.94. The first-order chi connectivity index (χ1) is 9.38. The standard InChI is InChI=1S/C16H12N2O/c19-11-14-17-15(12-7-3-1-4-8-12)16(18-14)13-9-5-2-6-10-13/h1-11H,(H,17,18). The highest BCUT2D eigenvalue weighted by molar-refractivity contribution is 5.82. The van der Waals surface area contributed by atoms with Crippen molar-refractivity contribution in [2.24, 2.45) is 0 Å². The van der Waals surface area contributed by atoms with Gasteiger partial charge in [-0.2, -0.15) is 0 Å². The number of imidazole rings is 1. The maximum atomic E-state index is 10.9. The van der Waals surface area contributed by atoms with Gasteiger partial charge in [-0.05, 0) is 0 Å². The highest BCUT2D eigenvalue weighted by Gasteiger charge is 2.12. The third-order valence-electron chi connectivity index (χ3n) is 2.94. The highest BCUT2D eigenvalue weighted by Crippen LogP contribution is 2.29. The van der Waals surface area contributed by atoms with Crippen molar-refractivity contribution < 1.29 is 4.79 Å². The van der Waals surface area contributed by atoms with Gasteiger partial charge in [0, 0.05) is 11.1 Å². The van der Waals surface area contributed by atoms with E-state index < -0.39 is 0 Å². The Morgan fingerprint density at radius 3 is 2.00 bits per heavy atom. The average molecular weight is 248 g/mol. The fourth-order valence-electron chi connectivity index (χ4n) is 2.07. The summed E-state index contributed by atoms with van der Waals surface area (Å²) in [6.45, 7) is 0. The van der Waals surface area contributed by atoms with Gasteiger partial charge in [-0.3, -0.25) is 4.79 Å². The van der Waals surface area contributed by atoms with Crippen molar-refractivity contribution >= 4 is 6.29 Å². The zero-order valence-electron chi connectivity index (χ0n) is 10.2. The number of aldehydes is 1. The molecule has 0 saturated heterocycles. The van der Waals surface area contributed by atoms with E-state index in [1.807, 2.05) is 60.7 Å². The molecule has 0 fully saturated rings. The predicted molar refractivity (Wildman–Crippen MR) is 74.8 cm³/mol. The van der Waals surface area contributed by atoms with Gasteiger partial charge in [0.05, 0.1) is 11.4 Å². The molecule has 3 heteroatoms. The summed E-state index contributed by atoms with van der Waals surface area (Å²) in [5, 5.41) is 0. The Morgan fingerprint density at radius 2 is 1.42 bits per heavy atom. The zero-order valence-corrected chi connectivity index (χ0v) is 10.2. The average Bonchev–Trinajstić information content (AvgIpc) is 2.93. The minimum Gasteiger partial charge on any atom is -0.335 e. The van der Waals surface area contributed by atoms with Crippen LogP contribution in [0.5, 0.6) is 0 Å². The number of aromatic amines is 1. The first-order valence-electron chi connectivity index (χ1n) is 6.04. The molecule has 3 aromatic rings. The number of aromatic nitrogens is 2. The lowest BCUT2D eigenvalue weighted by Gasteiger charge is -2.02. The van der Waals surface area contributed by atoms with Crippen LogP contribution in [-0.4, -0.2) is 16.3 Å². The molecule has 0 unspecified atom stereocenters. The SMILES string of the molecule is O=Cc1nc(-c2ccccc2)c(-c2ccccc2)[nH]1. The summed E-state index contributed by atoms with van der Waals surface area (Å²) in [6.07, 6.45) is 0.735. The summed E-state index contributed by atoms with van der Waals surface area (Å²) >= 11 is 0. The van der Waals surface area contributed by atoms with E-state index in [0.717, 1.165) is 28.8 Å². The van der Waals surface area contributed by atoms with Crippen LogP contribution in [-0.2, 0) is 0 Å². The summed E-state index contributed by atoms with van der Waals surface area (Å²) in [6, 6.07) is 19.7. The molecule has 0 atom stereocenters. The monoisotopic (exact) mass is 248 g/mol. The molecule has 0 aliphatic rings. The number of carbonyl (C=O) groups is 1. The summed E-state index contributed by atoms with van der Waals surface area (Å²) in [4.78, 5) is 18.4. The molecule has 2 aromatic carbocycles. The Balaban J connectivity index is 2.19. The molecule has 0 amide bonds. The number of nitrogens with zero attached hydrogens (tertiary/aromatic N) is 1. The Kier molecular flexibility index (Phi) is 2.94. The third kappa shape index (κ3) is 2.18. The molecule has 0 radical (unpaired) electrons. The van der Waals surface area contributed by atoms with Gasteiger partial charge in [0.25, 0.3) is 0 Å². The largest absolute Gasteiger partial charge is 0.335 e. The number of carbonyl (C=O) groups excluding carboxylic acids is 1. The van der Waals surface area contributed by atoms with E-state index in [1.54, 1.807) is 0 Å². The molecule has 1 N–H and O–H groups in total. The van der Waals surface area contributed by atoms with E-state index in [1.165, 1.54) is 0 Å². The molecule has 0 spiro atoms. The van der Waals surface area contributed by atoms with Gasteiger partial charge >= 0.3 is 0 Å². The second kappa shape index (κ2) is 4.90. The van der Waals surface area contributed by atoms with Crippen molar-refractivity contribution in [1.82, 2.24) is 9.97 Å². The number of H-pyrrole nitrogens is 1. The molecule has 0 aliphatic heterocycles. The van der Waals surface area contributed by atoms with Gasteiger partial charge in [0.15, 0.2) is 12.1 Å². The lowest BCUT2D eigenvalue weighted by atomic mass is 10.1. The topological polar surface area (TPSA) is 45.8 Å². The molecule has 3 nitrogen and oxygen atoms in total. The number of hydrogen-bond acceptors (Lipinski definition) is 2. The van der Waals surface area contributed by atoms with Crippen molar-refractivity contribution in [1.29, 1.82) is 0 Å². The fourth-order valence-corrected chi connectivity index (χ4v) is 2.07. The lowest BCUT2D eigenvalue weighted by Crippen LogP contribution is -1.82. The minimum atomic E-state index is 0.345. The summed E-state index contributed by atoms with van der Waals surface area (Å²) in [5.41, 5.74) is 3.68. The van der Waals surface area contributed by atoms with Crippen molar-refractivity contribution in [3.8, 4) is 22.5 Å². The maximum Gasteiger partial charge on any atom is 0.185 e. The van der Waals surface area contributed by atoms with E-state index in [-0.39, 0.29) is 0 Å². The Morgan fingerprint density at radius 1 is 0.842 bits per heavy atom. The van der Waals surface area contributed by atoms with Crippen molar-refractivity contribution in [3.05, 3.63) is 66.5 Å². The van der Waals surface area contributed by atoms with Crippen LogP contribution in [0.2, 0.25) is 0 Å². The van der Waals surface area contributed by atoms with Gasteiger partial charge in [-0.15, -0.1) is 0 Å². The summed E-state index contributed by atoms with van der Waals surface area (Å²) < 4.78 is 0. The lowest BCUT2D eigenvalue weighted by molar-refractivity contribution is 0.111. The number of nitrogens with one attached hydrogen (secondary N) is 1. The molecule has 3 rings (SSSR count). The molecule has 1 aromatic heterocycles. The van der Waals surface area contributed by atoms with Crippen molar-refractivity contribution in [2.75, 3.05) is 0 Å². The van der Waals surface area contributed by atoms with Crippen LogP contribution >= 0.6 is 0 Å². The van der Waals surface area contributed by atoms with Crippen LogP contribution in [0.4, 0.5) is 0 Å². The van der Waals surface area contributed by atoms with Crippen LogP contribution in [0.3, 0.4) is 0 Å².